The minimum Gasteiger partial charge on any atom is -0.506 e. The van der Waals surface area contributed by atoms with E-state index in [1.54, 1.807) is 31.6 Å². The zero-order valence-corrected chi connectivity index (χ0v) is 20.9. The molecule has 0 radical (unpaired) electrons. The van der Waals surface area contributed by atoms with E-state index in [9.17, 15) is 5.11 Å². The van der Waals surface area contributed by atoms with Gasteiger partial charge in [-0.25, -0.2) is 4.98 Å². The molecule has 0 saturated heterocycles. The third-order valence-electron chi connectivity index (χ3n) is 5.56. The molecule has 0 amide bonds. The number of nitrogens with one attached hydrogen (secondary N) is 2. The number of hydrogen-bond acceptors (Lipinski definition) is 5. The molecule has 0 aliphatic carbocycles. The number of phenols is 1. The van der Waals surface area contributed by atoms with Crippen LogP contribution in [0, 0.1) is 0 Å². The van der Waals surface area contributed by atoms with E-state index < -0.39 is 0 Å². The Hall–Kier alpha value is -3.06. The summed E-state index contributed by atoms with van der Waals surface area (Å²) in [5.41, 5.74) is 4.24. The van der Waals surface area contributed by atoms with Gasteiger partial charge in [0.2, 0.25) is 0 Å². The van der Waals surface area contributed by atoms with Crippen LogP contribution in [0.4, 0.5) is 0 Å². The van der Waals surface area contributed by atoms with Gasteiger partial charge in [-0.3, -0.25) is 4.98 Å². The molecule has 0 saturated carbocycles. The predicted molar refractivity (Wildman–Crippen MR) is 139 cm³/mol. The Labute approximate surface area is 210 Å². The Balaban J connectivity index is 0.00000324. The first-order valence-corrected chi connectivity index (χ1v) is 11.1. The van der Waals surface area contributed by atoms with Gasteiger partial charge in [0.1, 0.15) is 17.3 Å². The number of pyridine rings is 1. The maximum Gasteiger partial charge on any atom is 0.134 e. The molecule has 0 aliphatic heterocycles. The molecule has 2 aromatic heterocycles. The summed E-state index contributed by atoms with van der Waals surface area (Å²) in [6.07, 6.45) is 3.50. The largest absolute Gasteiger partial charge is 0.506 e. The number of methoxy groups -OCH3 is 1. The molecule has 8 heteroatoms. The van der Waals surface area contributed by atoms with Crippen LogP contribution < -0.4 is 10.1 Å². The van der Waals surface area contributed by atoms with E-state index in [0.29, 0.717) is 11.6 Å². The first-order valence-electron chi connectivity index (χ1n) is 10.7. The number of hydrogen-bond donors (Lipinski definition) is 3. The van der Waals surface area contributed by atoms with Crippen molar-refractivity contribution in [3.05, 3.63) is 83.4 Å². The lowest BCUT2D eigenvalue weighted by Crippen LogP contribution is -2.33. The standard InChI is InChI=1S/C26H27ClN4O2.ClH/c1-26(2,16-29-15-17-5-4-6-20(13-17)33-3)25-30-23(18-9-11-28-12-10-18)24(31-25)19-7-8-21(27)22(32)14-19;/h4-14,29,32H,15-16H2,1-3H3,(H,30,31);1H. The van der Waals surface area contributed by atoms with Crippen molar-refractivity contribution >= 4 is 24.0 Å². The van der Waals surface area contributed by atoms with Gasteiger partial charge in [-0.2, -0.15) is 0 Å². The molecule has 4 aromatic rings. The van der Waals surface area contributed by atoms with E-state index in [1.807, 2.05) is 36.4 Å². The Morgan fingerprint density at radius 1 is 1.06 bits per heavy atom. The van der Waals surface area contributed by atoms with E-state index >= 15 is 0 Å². The highest BCUT2D eigenvalue weighted by Crippen LogP contribution is 2.36. The molecular weight excluding hydrogens is 471 g/mol. The Bertz CT molecular complexity index is 1240. The lowest BCUT2D eigenvalue weighted by atomic mass is 9.92. The van der Waals surface area contributed by atoms with Gasteiger partial charge in [-0.1, -0.05) is 43.6 Å². The minimum absolute atomic E-state index is 0. The number of imidazole rings is 1. The second-order valence-corrected chi connectivity index (χ2v) is 8.96. The number of aromatic hydroxyl groups is 1. The number of nitrogens with zero attached hydrogens (tertiary/aromatic N) is 2. The first-order chi connectivity index (χ1) is 15.9. The molecular formula is C26H28Cl2N4O2. The van der Waals surface area contributed by atoms with Gasteiger partial charge in [-0.15, -0.1) is 12.4 Å². The zero-order chi connectivity index (χ0) is 23.4. The second kappa shape index (κ2) is 10.9. The summed E-state index contributed by atoms with van der Waals surface area (Å²) in [5, 5.41) is 14.0. The fourth-order valence-electron chi connectivity index (χ4n) is 3.68. The number of rotatable bonds is 8. The van der Waals surface area contributed by atoms with Crippen LogP contribution in [0.5, 0.6) is 11.5 Å². The van der Waals surface area contributed by atoms with Gasteiger partial charge >= 0.3 is 0 Å². The summed E-state index contributed by atoms with van der Waals surface area (Å²) in [6.45, 7) is 5.71. The van der Waals surface area contributed by atoms with Crippen LogP contribution in [0.3, 0.4) is 0 Å². The third-order valence-corrected chi connectivity index (χ3v) is 5.88. The Morgan fingerprint density at radius 2 is 1.82 bits per heavy atom. The average molecular weight is 499 g/mol. The van der Waals surface area contributed by atoms with Crippen molar-refractivity contribution < 1.29 is 9.84 Å². The van der Waals surface area contributed by atoms with Gasteiger partial charge in [-0.05, 0) is 42.0 Å². The van der Waals surface area contributed by atoms with E-state index in [-0.39, 0.29) is 23.6 Å². The van der Waals surface area contributed by atoms with Crippen molar-refractivity contribution in [2.75, 3.05) is 13.7 Å². The van der Waals surface area contributed by atoms with Crippen molar-refractivity contribution in [1.29, 1.82) is 0 Å². The third kappa shape index (κ3) is 5.70. The summed E-state index contributed by atoms with van der Waals surface area (Å²) < 4.78 is 5.31. The van der Waals surface area contributed by atoms with Gasteiger partial charge in [0.25, 0.3) is 0 Å². The Kier molecular flexibility index (Phi) is 8.20. The SMILES string of the molecule is COc1cccc(CNCC(C)(C)c2nc(-c3ccc(Cl)c(O)c3)c(-c3ccncc3)[nH]2)c1.Cl. The molecule has 0 aliphatic rings. The van der Waals surface area contributed by atoms with Crippen molar-refractivity contribution in [3.8, 4) is 34.0 Å². The highest BCUT2D eigenvalue weighted by atomic mass is 35.5. The van der Waals surface area contributed by atoms with Gasteiger partial charge in [0, 0.05) is 42.0 Å². The molecule has 34 heavy (non-hydrogen) atoms. The number of H-pyrrole nitrogens is 1. The van der Waals surface area contributed by atoms with Crippen LogP contribution in [0.1, 0.15) is 25.2 Å². The number of benzene rings is 2. The lowest BCUT2D eigenvalue weighted by Gasteiger charge is -2.23. The summed E-state index contributed by atoms with van der Waals surface area (Å²) in [7, 11) is 1.67. The van der Waals surface area contributed by atoms with E-state index in [1.165, 1.54) is 0 Å². The smallest absolute Gasteiger partial charge is 0.134 e. The molecule has 0 bridgehead atoms. The van der Waals surface area contributed by atoms with Crippen molar-refractivity contribution in [3.63, 3.8) is 0 Å². The van der Waals surface area contributed by atoms with Crippen LogP contribution in [0.15, 0.2) is 67.0 Å². The van der Waals surface area contributed by atoms with Gasteiger partial charge < -0.3 is 20.1 Å². The normalized spacial score (nSPS) is 11.2. The van der Waals surface area contributed by atoms with Crippen LogP contribution in [0.25, 0.3) is 22.5 Å². The number of ether oxygens (including phenoxy) is 1. The topological polar surface area (TPSA) is 83.1 Å². The van der Waals surface area contributed by atoms with E-state index in [2.05, 4.69) is 35.2 Å². The van der Waals surface area contributed by atoms with E-state index in [0.717, 1.165) is 46.2 Å². The van der Waals surface area contributed by atoms with Gasteiger partial charge in [0.15, 0.2) is 0 Å². The van der Waals surface area contributed by atoms with Crippen LogP contribution in [-0.4, -0.2) is 33.7 Å². The average Bonchev–Trinajstić information content (AvgIpc) is 3.28. The van der Waals surface area contributed by atoms with Crippen LogP contribution >= 0.6 is 24.0 Å². The maximum atomic E-state index is 10.2. The minimum atomic E-state index is -0.284. The molecule has 0 spiro atoms. The van der Waals surface area contributed by atoms with E-state index in [4.69, 9.17) is 21.3 Å². The number of halogens is 2. The summed E-state index contributed by atoms with van der Waals surface area (Å²) in [5.74, 6) is 1.72. The molecule has 0 atom stereocenters. The summed E-state index contributed by atoms with van der Waals surface area (Å²) in [4.78, 5) is 12.6. The summed E-state index contributed by atoms with van der Waals surface area (Å²) in [6, 6.07) is 17.1. The second-order valence-electron chi connectivity index (χ2n) is 8.55. The van der Waals surface area contributed by atoms with Gasteiger partial charge in [0.05, 0.1) is 23.5 Å². The highest BCUT2D eigenvalue weighted by Gasteiger charge is 2.27. The van der Waals surface area contributed by atoms with Crippen LogP contribution in [-0.2, 0) is 12.0 Å². The summed E-state index contributed by atoms with van der Waals surface area (Å²) >= 11 is 6.03. The number of aromatic amines is 1. The molecule has 2 aromatic carbocycles. The highest BCUT2D eigenvalue weighted by molar-refractivity contribution is 6.32. The van der Waals surface area contributed by atoms with Crippen LogP contribution in [0.2, 0.25) is 5.02 Å². The fourth-order valence-corrected chi connectivity index (χ4v) is 3.79. The monoisotopic (exact) mass is 498 g/mol. The molecule has 2 heterocycles. The predicted octanol–water partition coefficient (Wildman–Crippen LogP) is 6.00. The van der Waals surface area contributed by atoms with Crippen molar-refractivity contribution in [1.82, 2.24) is 20.3 Å². The molecule has 178 valence electrons. The Morgan fingerprint density at radius 3 is 2.53 bits per heavy atom. The molecule has 6 nitrogen and oxygen atoms in total. The van der Waals surface area contributed by atoms with Crippen molar-refractivity contribution in [2.24, 2.45) is 0 Å². The lowest BCUT2D eigenvalue weighted by molar-refractivity contribution is 0.413. The first kappa shape index (κ1) is 25.6. The van der Waals surface area contributed by atoms with Crippen molar-refractivity contribution in [2.45, 2.75) is 25.8 Å². The molecule has 0 unspecified atom stereocenters. The molecule has 4 rings (SSSR count). The molecule has 3 N–H and O–H groups in total. The fraction of sp³-hybridized carbons (Fsp3) is 0.231. The quantitative estimate of drug-likeness (QED) is 0.277. The maximum absolute atomic E-state index is 10.2. The zero-order valence-electron chi connectivity index (χ0n) is 19.3. The number of aromatic nitrogens is 3. The molecule has 0 fully saturated rings. The number of phenolic OH excluding ortho intramolecular Hbond substituents is 1.